The number of rotatable bonds is 4. The number of nitro benzene ring substituents is 1. The molecule has 0 spiro atoms. The summed E-state index contributed by atoms with van der Waals surface area (Å²) >= 11 is 0. The summed E-state index contributed by atoms with van der Waals surface area (Å²) in [5.74, 6) is 0. The molecule has 0 bridgehead atoms. The topological polar surface area (TPSA) is 105 Å². The van der Waals surface area contributed by atoms with Crippen LogP contribution in [0.4, 0.5) is 21.9 Å². The number of benzene rings is 1. The minimum atomic E-state index is -0.473. The third-order valence-electron chi connectivity index (χ3n) is 4.15. The van der Waals surface area contributed by atoms with Crippen LogP contribution in [0.15, 0.2) is 36.7 Å². The van der Waals surface area contributed by atoms with Crippen LogP contribution in [0, 0.1) is 10.1 Å². The molecule has 2 amide bonds. The summed E-state index contributed by atoms with van der Waals surface area (Å²) in [6, 6.07) is 5.47. The van der Waals surface area contributed by atoms with Gasteiger partial charge in [-0.05, 0) is 25.0 Å². The molecule has 1 atom stereocenters. The molecule has 9 nitrogen and oxygen atoms in total. The average Bonchev–Trinajstić information content (AvgIpc) is 3.02. The van der Waals surface area contributed by atoms with E-state index < -0.39 is 4.92 Å². The summed E-state index contributed by atoms with van der Waals surface area (Å²) in [7, 11) is 1.88. The molecule has 2 aromatic rings. The number of nitrogens with one attached hydrogen (secondary N) is 2. The van der Waals surface area contributed by atoms with E-state index in [4.69, 9.17) is 0 Å². The van der Waals surface area contributed by atoms with E-state index in [-0.39, 0.29) is 17.8 Å². The maximum absolute atomic E-state index is 12.2. The number of carbonyl (C=O) groups is 1. The van der Waals surface area contributed by atoms with Crippen molar-refractivity contribution in [3.05, 3.63) is 46.8 Å². The predicted molar refractivity (Wildman–Crippen MR) is 93.7 cm³/mol. The molecular formula is C16H20N6O3. The molecule has 1 aliphatic heterocycles. The zero-order chi connectivity index (χ0) is 17.8. The second-order valence-electron chi connectivity index (χ2n) is 6.06. The van der Waals surface area contributed by atoms with E-state index in [1.807, 2.05) is 19.4 Å². The molecule has 9 heteroatoms. The molecule has 1 aromatic carbocycles. The highest BCUT2D eigenvalue weighted by molar-refractivity contribution is 5.89. The number of aromatic nitrogens is 2. The van der Waals surface area contributed by atoms with Crippen molar-refractivity contribution in [2.45, 2.75) is 18.9 Å². The van der Waals surface area contributed by atoms with E-state index in [0.717, 1.165) is 31.6 Å². The molecule has 132 valence electrons. The molecule has 0 unspecified atom stereocenters. The zero-order valence-corrected chi connectivity index (χ0v) is 13.9. The number of carbonyl (C=O) groups excluding carboxylic acids is 1. The van der Waals surface area contributed by atoms with Gasteiger partial charge in [0.15, 0.2) is 0 Å². The summed E-state index contributed by atoms with van der Waals surface area (Å²) in [5, 5.41) is 20.5. The standard InChI is InChI=1S/C16H20N6O3/c1-20-11-15(9-17-20)21-8-2-3-13(10-21)19-16(23)18-12-4-6-14(7-5-12)22(24)25/h4-7,9,11,13H,2-3,8,10H2,1H3,(H2,18,19,23)/t13-/m0/s1. The number of amides is 2. The first kappa shape index (κ1) is 16.7. The van der Waals surface area contributed by atoms with Crippen molar-refractivity contribution >= 4 is 23.1 Å². The highest BCUT2D eigenvalue weighted by Crippen LogP contribution is 2.19. The highest BCUT2D eigenvalue weighted by Gasteiger charge is 2.22. The molecule has 1 fully saturated rings. The molecule has 2 heterocycles. The number of piperidine rings is 1. The number of anilines is 2. The lowest BCUT2D eigenvalue weighted by atomic mass is 10.1. The molecule has 1 saturated heterocycles. The summed E-state index contributed by atoms with van der Waals surface area (Å²) in [6.07, 6.45) is 5.67. The van der Waals surface area contributed by atoms with Crippen LogP contribution in [0.2, 0.25) is 0 Å². The Balaban J connectivity index is 1.54. The fraction of sp³-hybridized carbons (Fsp3) is 0.375. The minimum absolute atomic E-state index is 0.00893. The van der Waals surface area contributed by atoms with Crippen LogP contribution < -0.4 is 15.5 Å². The van der Waals surface area contributed by atoms with E-state index in [1.165, 1.54) is 24.3 Å². The van der Waals surface area contributed by atoms with Crippen molar-refractivity contribution in [2.24, 2.45) is 7.05 Å². The van der Waals surface area contributed by atoms with Gasteiger partial charge in [-0.2, -0.15) is 5.10 Å². The van der Waals surface area contributed by atoms with Gasteiger partial charge in [-0.3, -0.25) is 14.8 Å². The summed E-state index contributed by atoms with van der Waals surface area (Å²) in [6.45, 7) is 1.66. The average molecular weight is 344 g/mol. The quantitative estimate of drug-likeness (QED) is 0.653. The van der Waals surface area contributed by atoms with Gasteiger partial charge >= 0.3 is 6.03 Å². The Bertz CT molecular complexity index is 757. The lowest BCUT2D eigenvalue weighted by molar-refractivity contribution is -0.384. The minimum Gasteiger partial charge on any atom is -0.367 e. The highest BCUT2D eigenvalue weighted by atomic mass is 16.6. The van der Waals surface area contributed by atoms with E-state index >= 15 is 0 Å². The van der Waals surface area contributed by atoms with Crippen molar-refractivity contribution < 1.29 is 9.72 Å². The number of nitro groups is 1. The fourth-order valence-electron chi connectivity index (χ4n) is 2.92. The zero-order valence-electron chi connectivity index (χ0n) is 13.9. The molecular weight excluding hydrogens is 324 g/mol. The van der Waals surface area contributed by atoms with Gasteiger partial charge in [0.25, 0.3) is 5.69 Å². The maximum atomic E-state index is 12.2. The van der Waals surface area contributed by atoms with Crippen LogP contribution >= 0.6 is 0 Å². The molecule has 1 aromatic heterocycles. The summed E-state index contributed by atoms with van der Waals surface area (Å²) in [5.41, 5.74) is 1.55. The van der Waals surface area contributed by atoms with Crippen molar-refractivity contribution in [2.75, 3.05) is 23.3 Å². The van der Waals surface area contributed by atoms with Gasteiger partial charge in [0.1, 0.15) is 0 Å². The summed E-state index contributed by atoms with van der Waals surface area (Å²) < 4.78 is 1.76. The predicted octanol–water partition coefficient (Wildman–Crippen LogP) is 2.12. The normalized spacial score (nSPS) is 17.2. The maximum Gasteiger partial charge on any atom is 0.319 e. The molecule has 0 radical (unpaired) electrons. The Morgan fingerprint density at radius 2 is 2.12 bits per heavy atom. The third-order valence-corrected chi connectivity index (χ3v) is 4.15. The SMILES string of the molecule is Cn1cc(N2CCC[C@H](NC(=O)Nc3ccc([N+](=O)[O-])cc3)C2)cn1. The number of non-ortho nitro benzene ring substituents is 1. The first-order chi connectivity index (χ1) is 12.0. The number of hydrogen-bond donors (Lipinski definition) is 2. The molecule has 2 N–H and O–H groups in total. The largest absolute Gasteiger partial charge is 0.367 e. The Hall–Kier alpha value is -3.10. The van der Waals surface area contributed by atoms with Crippen molar-refractivity contribution in [3.8, 4) is 0 Å². The van der Waals surface area contributed by atoms with Crippen molar-refractivity contribution in [3.63, 3.8) is 0 Å². The number of urea groups is 1. The third kappa shape index (κ3) is 4.25. The van der Waals surface area contributed by atoms with Crippen LogP contribution in [0.3, 0.4) is 0 Å². The lowest BCUT2D eigenvalue weighted by Gasteiger charge is -2.33. The Morgan fingerprint density at radius 1 is 1.36 bits per heavy atom. The van der Waals surface area contributed by atoms with E-state index in [2.05, 4.69) is 20.6 Å². The number of hydrogen-bond acceptors (Lipinski definition) is 5. The Morgan fingerprint density at radius 3 is 2.76 bits per heavy atom. The van der Waals surface area contributed by atoms with Crippen LogP contribution in [-0.4, -0.2) is 39.9 Å². The number of nitrogens with zero attached hydrogens (tertiary/aromatic N) is 4. The second-order valence-corrected chi connectivity index (χ2v) is 6.06. The molecule has 1 aliphatic rings. The Labute approximate surface area is 144 Å². The molecule has 3 rings (SSSR count). The van der Waals surface area contributed by atoms with Crippen LogP contribution in [-0.2, 0) is 7.05 Å². The van der Waals surface area contributed by atoms with Crippen LogP contribution in [0.25, 0.3) is 0 Å². The van der Waals surface area contributed by atoms with Gasteiger partial charge in [-0.1, -0.05) is 0 Å². The van der Waals surface area contributed by atoms with Crippen LogP contribution in [0.5, 0.6) is 0 Å². The van der Waals surface area contributed by atoms with Crippen molar-refractivity contribution in [1.82, 2.24) is 15.1 Å². The van der Waals surface area contributed by atoms with E-state index in [1.54, 1.807) is 4.68 Å². The molecule has 0 aliphatic carbocycles. The van der Waals surface area contributed by atoms with Gasteiger partial charge in [-0.25, -0.2) is 4.79 Å². The van der Waals surface area contributed by atoms with Crippen molar-refractivity contribution in [1.29, 1.82) is 0 Å². The van der Waals surface area contributed by atoms with E-state index in [9.17, 15) is 14.9 Å². The van der Waals surface area contributed by atoms with Gasteiger partial charge in [0, 0.05) is 50.2 Å². The number of aryl methyl sites for hydroxylation is 1. The van der Waals surface area contributed by atoms with Gasteiger partial charge < -0.3 is 15.5 Å². The first-order valence-corrected chi connectivity index (χ1v) is 8.07. The molecule has 25 heavy (non-hydrogen) atoms. The smallest absolute Gasteiger partial charge is 0.319 e. The van der Waals surface area contributed by atoms with Gasteiger partial charge in [-0.15, -0.1) is 0 Å². The van der Waals surface area contributed by atoms with Crippen LogP contribution in [0.1, 0.15) is 12.8 Å². The van der Waals surface area contributed by atoms with E-state index in [0.29, 0.717) is 5.69 Å². The van der Waals surface area contributed by atoms with Gasteiger partial charge in [0.2, 0.25) is 0 Å². The fourth-order valence-corrected chi connectivity index (χ4v) is 2.92. The molecule has 0 saturated carbocycles. The lowest BCUT2D eigenvalue weighted by Crippen LogP contribution is -2.48. The monoisotopic (exact) mass is 344 g/mol. The second kappa shape index (κ2) is 7.20. The Kier molecular flexibility index (Phi) is 4.82. The first-order valence-electron chi connectivity index (χ1n) is 8.07. The summed E-state index contributed by atoms with van der Waals surface area (Å²) in [4.78, 5) is 24.5. The van der Waals surface area contributed by atoms with Gasteiger partial charge in [0.05, 0.1) is 16.8 Å².